The minimum absolute atomic E-state index is 0.0321. The summed E-state index contributed by atoms with van der Waals surface area (Å²) in [6, 6.07) is 0. The Bertz CT molecular complexity index is 1170. The second-order valence-electron chi connectivity index (χ2n) is 16.7. The zero-order valence-electron chi connectivity index (χ0n) is 30.5. The second kappa shape index (κ2) is 13.5. The number of ether oxygens (including phenoxy) is 2. The van der Waals surface area contributed by atoms with Crippen molar-refractivity contribution in [3.8, 4) is 0 Å². The van der Waals surface area contributed by atoms with E-state index in [1.165, 1.54) is 18.4 Å². The SMILES string of the molecule is C=C1C(=CC=C2CCC[C@]3(C)C(CC)=CC[C@@H]23)C[C@](OCC(=O)OCC)(O[Si](C)(C)C(C)(C)C)CC1O[Si](C)(C)C(C)(C)C. The lowest BCUT2D eigenvalue weighted by Crippen LogP contribution is -2.56. The van der Waals surface area contributed by atoms with Gasteiger partial charge in [0, 0.05) is 12.8 Å². The first kappa shape index (κ1) is 37.2. The Hall–Kier alpha value is -1.26. The van der Waals surface area contributed by atoms with Crippen molar-refractivity contribution >= 4 is 22.6 Å². The number of carbonyl (C=O) groups excluding carboxylic acids is 1. The Kier molecular flexibility index (Phi) is 11.4. The zero-order valence-corrected chi connectivity index (χ0v) is 32.5. The summed E-state index contributed by atoms with van der Waals surface area (Å²) in [5.74, 6) is -0.821. The normalized spacial score (nSPS) is 30.5. The summed E-state index contributed by atoms with van der Waals surface area (Å²) < 4.78 is 26.2. The molecule has 3 rings (SSSR count). The van der Waals surface area contributed by atoms with Gasteiger partial charge in [-0.2, -0.15) is 0 Å². The van der Waals surface area contributed by atoms with Gasteiger partial charge in [-0.15, -0.1) is 0 Å². The van der Waals surface area contributed by atoms with Crippen molar-refractivity contribution in [2.75, 3.05) is 13.2 Å². The lowest BCUT2D eigenvalue weighted by Gasteiger charge is -2.51. The number of hydrogen-bond donors (Lipinski definition) is 0. The zero-order chi connectivity index (χ0) is 33.4. The minimum atomic E-state index is -2.33. The van der Waals surface area contributed by atoms with Gasteiger partial charge < -0.3 is 18.3 Å². The third-order valence-electron chi connectivity index (χ3n) is 11.6. The summed E-state index contributed by atoms with van der Waals surface area (Å²) in [6.45, 7) is 34.0. The van der Waals surface area contributed by atoms with Crippen LogP contribution in [0.25, 0.3) is 0 Å². The van der Waals surface area contributed by atoms with Crippen LogP contribution in [-0.2, 0) is 23.1 Å². The van der Waals surface area contributed by atoms with Gasteiger partial charge in [0.05, 0.1) is 12.7 Å². The Morgan fingerprint density at radius 1 is 1.05 bits per heavy atom. The van der Waals surface area contributed by atoms with Crippen LogP contribution in [-0.4, -0.2) is 47.7 Å². The van der Waals surface area contributed by atoms with E-state index < -0.39 is 22.4 Å². The van der Waals surface area contributed by atoms with E-state index in [0.717, 1.165) is 30.4 Å². The van der Waals surface area contributed by atoms with E-state index in [-0.39, 0.29) is 34.2 Å². The summed E-state index contributed by atoms with van der Waals surface area (Å²) >= 11 is 0. The van der Waals surface area contributed by atoms with E-state index in [1.54, 1.807) is 5.57 Å². The number of fused-ring (bicyclic) bond motifs is 1. The molecule has 0 aromatic carbocycles. The Morgan fingerprint density at radius 2 is 1.68 bits per heavy atom. The largest absolute Gasteiger partial charge is 0.464 e. The third kappa shape index (κ3) is 7.99. The quantitative estimate of drug-likeness (QED) is 0.102. The van der Waals surface area contributed by atoms with Gasteiger partial charge in [0.1, 0.15) is 6.61 Å². The van der Waals surface area contributed by atoms with Crippen molar-refractivity contribution < 1.29 is 23.1 Å². The molecule has 0 aromatic heterocycles. The molecule has 0 saturated heterocycles. The van der Waals surface area contributed by atoms with Crippen molar-refractivity contribution in [2.24, 2.45) is 11.3 Å². The number of hydrogen-bond acceptors (Lipinski definition) is 5. The number of carbonyl (C=O) groups is 1. The Balaban J connectivity index is 2.10. The molecule has 0 spiro atoms. The Labute approximate surface area is 272 Å². The molecule has 250 valence electrons. The highest BCUT2D eigenvalue weighted by atomic mass is 28.4. The van der Waals surface area contributed by atoms with E-state index in [2.05, 4.69) is 106 Å². The van der Waals surface area contributed by atoms with Crippen LogP contribution in [0.2, 0.25) is 36.3 Å². The van der Waals surface area contributed by atoms with Crippen molar-refractivity contribution in [3.63, 3.8) is 0 Å². The highest BCUT2D eigenvalue weighted by molar-refractivity contribution is 6.74. The van der Waals surface area contributed by atoms with E-state index in [1.807, 2.05) is 6.92 Å². The van der Waals surface area contributed by atoms with Crippen molar-refractivity contribution in [3.05, 3.63) is 47.1 Å². The van der Waals surface area contributed by atoms with Crippen LogP contribution in [0.15, 0.2) is 47.1 Å². The first-order chi connectivity index (χ1) is 20.1. The first-order valence-corrected chi connectivity index (χ1v) is 22.9. The highest BCUT2D eigenvalue weighted by Gasteiger charge is 2.52. The smallest absolute Gasteiger partial charge is 0.332 e. The molecule has 4 atom stereocenters. The molecule has 2 saturated carbocycles. The van der Waals surface area contributed by atoms with Crippen LogP contribution >= 0.6 is 0 Å². The molecule has 0 amide bonds. The maximum absolute atomic E-state index is 12.6. The van der Waals surface area contributed by atoms with Gasteiger partial charge in [0.25, 0.3) is 0 Å². The molecule has 44 heavy (non-hydrogen) atoms. The topological polar surface area (TPSA) is 54.0 Å². The van der Waals surface area contributed by atoms with Gasteiger partial charge in [0.15, 0.2) is 22.4 Å². The highest BCUT2D eigenvalue weighted by Crippen LogP contribution is 2.55. The molecule has 3 aliphatic carbocycles. The lowest BCUT2D eigenvalue weighted by molar-refractivity contribution is -0.215. The minimum Gasteiger partial charge on any atom is -0.464 e. The lowest BCUT2D eigenvalue weighted by atomic mass is 9.64. The van der Waals surface area contributed by atoms with E-state index in [4.69, 9.17) is 18.3 Å². The summed E-state index contributed by atoms with van der Waals surface area (Å²) in [7, 11) is -4.50. The fraction of sp³-hybridized carbons (Fsp3) is 0.757. The molecular formula is C37H64O5Si2. The average molecular weight is 645 g/mol. The van der Waals surface area contributed by atoms with E-state index in [0.29, 0.717) is 25.4 Å². The molecule has 1 unspecified atom stereocenters. The molecule has 2 fully saturated rings. The van der Waals surface area contributed by atoms with E-state index >= 15 is 0 Å². The van der Waals surface area contributed by atoms with Crippen molar-refractivity contribution in [2.45, 2.75) is 155 Å². The molecule has 5 nitrogen and oxygen atoms in total. The van der Waals surface area contributed by atoms with Gasteiger partial charge in [-0.3, -0.25) is 0 Å². The van der Waals surface area contributed by atoms with Crippen LogP contribution in [0.4, 0.5) is 0 Å². The molecule has 0 bridgehead atoms. The van der Waals surface area contributed by atoms with Gasteiger partial charge in [-0.25, -0.2) is 4.79 Å². The fourth-order valence-corrected chi connectivity index (χ4v) is 9.53. The average Bonchev–Trinajstić information content (AvgIpc) is 3.23. The number of allylic oxidation sites excluding steroid dienone is 5. The van der Waals surface area contributed by atoms with Gasteiger partial charge in [-0.05, 0) is 97.8 Å². The second-order valence-corrected chi connectivity index (χ2v) is 26.2. The van der Waals surface area contributed by atoms with Gasteiger partial charge in [-0.1, -0.05) is 91.3 Å². The maximum atomic E-state index is 12.6. The van der Waals surface area contributed by atoms with Crippen LogP contribution in [0.5, 0.6) is 0 Å². The van der Waals surface area contributed by atoms with Gasteiger partial charge in [0.2, 0.25) is 0 Å². The van der Waals surface area contributed by atoms with Crippen molar-refractivity contribution in [1.82, 2.24) is 0 Å². The standard InChI is InChI=1S/C37H64O5Si2/c1-15-30-21-22-31-28(18-17-23-36(30,31)10)19-20-29-24-37(40-26-33(38)39-16-2,42-44(13,14)35(7,8)9)25-32(27(29)3)41-43(11,12)34(4,5)6/h19-21,31-32H,3,15-18,22-26H2,1-2,4-14H3/t31-,32?,36+,37-/m0/s1. The molecule has 7 heteroatoms. The molecule has 0 radical (unpaired) electrons. The van der Waals surface area contributed by atoms with Crippen LogP contribution in [0.3, 0.4) is 0 Å². The summed E-state index contributed by atoms with van der Waals surface area (Å²) in [5.41, 5.74) is 5.55. The number of esters is 1. The molecule has 0 heterocycles. The maximum Gasteiger partial charge on any atom is 0.332 e. The molecule has 0 aromatic rings. The van der Waals surface area contributed by atoms with Crippen LogP contribution in [0, 0.1) is 11.3 Å². The Morgan fingerprint density at radius 3 is 2.25 bits per heavy atom. The summed E-state index contributed by atoms with van der Waals surface area (Å²) in [4.78, 5) is 12.6. The van der Waals surface area contributed by atoms with Crippen LogP contribution < -0.4 is 0 Å². The molecular weight excluding hydrogens is 581 g/mol. The third-order valence-corrected chi connectivity index (χ3v) is 20.6. The van der Waals surface area contributed by atoms with Crippen molar-refractivity contribution in [1.29, 1.82) is 0 Å². The van der Waals surface area contributed by atoms with Crippen LogP contribution in [0.1, 0.15) is 107 Å². The summed E-state index contributed by atoms with van der Waals surface area (Å²) in [6.07, 6.45) is 13.8. The first-order valence-electron chi connectivity index (χ1n) is 17.1. The molecule has 0 aliphatic heterocycles. The predicted molar refractivity (Wildman–Crippen MR) is 189 cm³/mol. The summed E-state index contributed by atoms with van der Waals surface area (Å²) in [5, 5.41) is -0.00722. The number of rotatable bonds is 10. The monoisotopic (exact) mass is 644 g/mol. The van der Waals surface area contributed by atoms with E-state index in [9.17, 15) is 4.79 Å². The van der Waals surface area contributed by atoms with Gasteiger partial charge >= 0.3 is 5.97 Å². The molecule has 3 aliphatic rings. The predicted octanol–water partition coefficient (Wildman–Crippen LogP) is 10.4. The fourth-order valence-electron chi connectivity index (χ4n) is 6.79. The molecule has 0 N–H and O–H groups in total.